The Morgan fingerprint density at radius 2 is 2.05 bits per heavy atom. The predicted molar refractivity (Wildman–Crippen MR) is 94.7 cm³/mol. The van der Waals surface area contributed by atoms with Gasteiger partial charge in [0.2, 0.25) is 5.91 Å². The van der Waals surface area contributed by atoms with Crippen molar-refractivity contribution in [1.82, 2.24) is 10.6 Å². The number of piperidine rings is 1. The van der Waals surface area contributed by atoms with E-state index in [0.717, 1.165) is 19.4 Å². The summed E-state index contributed by atoms with van der Waals surface area (Å²) >= 11 is 0. The van der Waals surface area contributed by atoms with Gasteiger partial charge < -0.3 is 10.6 Å². The smallest absolute Gasteiger partial charge is 0.223 e. The Kier molecular flexibility index (Phi) is 6.89. The van der Waals surface area contributed by atoms with E-state index in [1.54, 1.807) is 0 Å². The van der Waals surface area contributed by atoms with Gasteiger partial charge in [0.05, 0.1) is 0 Å². The first-order valence-electron chi connectivity index (χ1n) is 7.97. The van der Waals surface area contributed by atoms with Crippen LogP contribution in [0.2, 0.25) is 0 Å². The molecular formula is C18H29ClN2O. The second kappa shape index (κ2) is 7.98. The molecule has 0 bridgehead atoms. The first-order valence-corrected chi connectivity index (χ1v) is 7.97. The van der Waals surface area contributed by atoms with E-state index in [-0.39, 0.29) is 29.6 Å². The average molecular weight is 325 g/mol. The number of nitrogens with one attached hydrogen (secondary N) is 2. The zero-order chi connectivity index (χ0) is 15.5. The summed E-state index contributed by atoms with van der Waals surface area (Å²) in [6, 6.07) is 8.87. The fourth-order valence-corrected chi connectivity index (χ4v) is 3.25. The van der Waals surface area contributed by atoms with Crippen LogP contribution >= 0.6 is 12.4 Å². The summed E-state index contributed by atoms with van der Waals surface area (Å²) < 4.78 is 0. The van der Waals surface area contributed by atoms with Gasteiger partial charge >= 0.3 is 0 Å². The van der Waals surface area contributed by atoms with Crippen molar-refractivity contribution < 1.29 is 4.79 Å². The minimum Gasteiger partial charge on any atom is -0.355 e. The van der Waals surface area contributed by atoms with Gasteiger partial charge in [-0.25, -0.2) is 0 Å². The lowest BCUT2D eigenvalue weighted by molar-refractivity contribution is -0.126. The van der Waals surface area contributed by atoms with Gasteiger partial charge in [-0.3, -0.25) is 4.79 Å². The summed E-state index contributed by atoms with van der Waals surface area (Å²) in [6.45, 7) is 10.3. The Hall–Kier alpha value is -1.06. The number of carbonyl (C=O) groups excluding carboxylic acids is 1. The average Bonchev–Trinajstić information content (AvgIpc) is 2.45. The summed E-state index contributed by atoms with van der Waals surface area (Å²) in [6.07, 6.45) is 1.89. The van der Waals surface area contributed by atoms with Crippen LogP contribution in [0.15, 0.2) is 24.3 Å². The Morgan fingerprint density at radius 1 is 1.36 bits per heavy atom. The number of carbonyl (C=O) groups is 1. The van der Waals surface area contributed by atoms with Crippen LogP contribution < -0.4 is 10.6 Å². The van der Waals surface area contributed by atoms with Crippen LogP contribution in [0.4, 0.5) is 0 Å². The zero-order valence-corrected chi connectivity index (χ0v) is 14.9. The highest BCUT2D eigenvalue weighted by Crippen LogP contribution is 2.25. The first-order chi connectivity index (χ1) is 9.90. The quantitative estimate of drug-likeness (QED) is 0.893. The Bertz CT molecular complexity index is 502. The summed E-state index contributed by atoms with van der Waals surface area (Å²) in [5, 5.41) is 6.56. The van der Waals surface area contributed by atoms with Crippen molar-refractivity contribution >= 4 is 18.3 Å². The molecular weight excluding hydrogens is 296 g/mol. The van der Waals surface area contributed by atoms with Crippen LogP contribution in [0.25, 0.3) is 0 Å². The van der Waals surface area contributed by atoms with Crippen LogP contribution in [0, 0.1) is 12.8 Å². The molecule has 1 aromatic carbocycles. The molecule has 1 fully saturated rings. The summed E-state index contributed by atoms with van der Waals surface area (Å²) in [4.78, 5) is 12.4. The van der Waals surface area contributed by atoms with Gasteiger partial charge in [-0.1, -0.05) is 38.1 Å². The van der Waals surface area contributed by atoms with E-state index in [2.05, 4.69) is 62.6 Å². The zero-order valence-electron chi connectivity index (χ0n) is 14.1. The number of hydrogen-bond acceptors (Lipinski definition) is 2. The molecule has 0 saturated carbocycles. The monoisotopic (exact) mass is 324 g/mol. The lowest BCUT2D eigenvalue weighted by Crippen LogP contribution is -2.45. The fraction of sp³-hybridized carbons (Fsp3) is 0.611. The molecule has 22 heavy (non-hydrogen) atoms. The van der Waals surface area contributed by atoms with E-state index in [4.69, 9.17) is 0 Å². The van der Waals surface area contributed by atoms with Gasteiger partial charge in [0.15, 0.2) is 0 Å². The Morgan fingerprint density at radius 3 is 2.68 bits per heavy atom. The van der Waals surface area contributed by atoms with Crippen molar-refractivity contribution in [2.45, 2.75) is 52.0 Å². The van der Waals surface area contributed by atoms with Crippen LogP contribution in [-0.2, 0) is 10.2 Å². The highest BCUT2D eigenvalue weighted by Gasteiger charge is 2.27. The molecule has 2 N–H and O–H groups in total. The van der Waals surface area contributed by atoms with E-state index in [0.29, 0.717) is 12.6 Å². The van der Waals surface area contributed by atoms with Crippen molar-refractivity contribution in [3.05, 3.63) is 35.4 Å². The third-order valence-electron chi connectivity index (χ3n) is 4.57. The standard InChI is InChI=1S/C18H28N2O.ClH/c1-13-7-5-6-8-16(13)18(3,4)12-20-17(21)15-9-10-19-14(2)11-15;/h5-8,14-15,19H,9-12H2,1-4H3,(H,20,21);1H/t14-,15-;/m0./s1. The van der Waals surface area contributed by atoms with Gasteiger partial charge in [0.1, 0.15) is 0 Å². The van der Waals surface area contributed by atoms with E-state index < -0.39 is 0 Å². The van der Waals surface area contributed by atoms with E-state index in [9.17, 15) is 4.79 Å². The van der Waals surface area contributed by atoms with E-state index in [1.165, 1.54) is 11.1 Å². The van der Waals surface area contributed by atoms with Gasteiger partial charge in [-0.05, 0) is 44.4 Å². The van der Waals surface area contributed by atoms with Crippen molar-refractivity contribution in [3.8, 4) is 0 Å². The molecule has 2 rings (SSSR count). The Balaban J connectivity index is 0.00000242. The number of halogens is 1. The third kappa shape index (κ3) is 4.72. The summed E-state index contributed by atoms with van der Waals surface area (Å²) in [5.41, 5.74) is 2.55. The van der Waals surface area contributed by atoms with Gasteiger partial charge in [-0.2, -0.15) is 0 Å². The molecule has 1 aliphatic heterocycles. The largest absolute Gasteiger partial charge is 0.355 e. The van der Waals surface area contributed by atoms with Crippen molar-refractivity contribution in [2.75, 3.05) is 13.1 Å². The molecule has 0 radical (unpaired) electrons. The van der Waals surface area contributed by atoms with Crippen LogP contribution in [0.1, 0.15) is 44.7 Å². The lowest BCUT2D eigenvalue weighted by atomic mass is 9.81. The molecule has 1 heterocycles. The molecule has 1 aromatic rings. The third-order valence-corrected chi connectivity index (χ3v) is 4.57. The maximum atomic E-state index is 12.4. The van der Waals surface area contributed by atoms with Crippen molar-refractivity contribution in [2.24, 2.45) is 5.92 Å². The molecule has 1 aliphatic rings. The lowest BCUT2D eigenvalue weighted by Gasteiger charge is -2.30. The highest BCUT2D eigenvalue weighted by molar-refractivity contribution is 5.85. The van der Waals surface area contributed by atoms with E-state index in [1.807, 2.05) is 0 Å². The molecule has 0 aliphatic carbocycles. The second-order valence-corrected chi connectivity index (χ2v) is 6.99. The molecule has 1 amide bonds. The van der Waals surface area contributed by atoms with Gasteiger partial charge in [0, 0.05) is 23.9 Å². The number of benzene rings is 1. The van der Waals surface area contributed by atoms with Crippen LogP contribution in [0.3, 0.4) is 0 Å². The maximum Gasteiger partial charge on any atom is 0.223 e. The van der Waals surface area contributed by atoms with Crippen LogP contribution in [0.5, 0.6) is 0 Å². The number of rotatable bonds is 4. The number of amides is 1. The second-order valence-electron chi connectivity index (χ2n) is 6.99. The molecule has 0 aromatic heterocycles. The highest BCUT2D eigenvalue weighted by atomic mass is 35.5. The number of hydrogen-bond donors (Lipinski definition) is 2. The summed E-state index contributed by atoms with van der Waals surface area (Å²) in [7, 11) is 0. The molecule has 2 atom stereocenters. The number of aryl methyl sites for hydroxylation is 1. The fourth-order valence-electron chi connectivity index (χ4n) is 3.25. The molecule has 0 spiro atoms. The molecule has 3 nitrogen and oxygen atoms in total. The summed E-state index contributed by atoms with van der Waals surface area (Å²) in [5.74, 6) is 0.374. The van der Waals surface area contributed by atoms with Gasteiger partial charge in [-0.15, -0.1) is 12.4 Å². The minimum absolute atomic E-state index is 0. The normalized spacial score (nSPS) is 21.8. The van der Waals surface area contributed by atoms with Gasteiger partial charge in [0.25, 0.3) is 0 Å². The maximum absolute atomic E-state index is 12.4. The first kappa shape index (κ1) is 19.0. The van der Waals surface area contributed by atoms with E-state index >= 15 is 0 Å². The molecule has 4 heteroatoms. The minimum atomic E-state index is -0.0421. The van der Waals surface area contributed by atoms with Crippen LogP contribution in [-0.4, -0.2) is 25.0 Å². The molecule has 0 unspecified atom stereocenters. The predicted octanol–water partition coefficient (Wildman–Crippen LogP) is 3.20. The topological polar surface area (TPSA) is 41.1 Å². The molecule has 1 saturated heterocycles. The molecule has 124 valence electrons. The van der Waals surface area contributed by atoms with Crippen molar-refractivity contribution in [1.29, 1.82) is 0 Å². The van der Waals surface area contributed by atoms with Crippen molar-refractivity contribution in [3.63, 3.8) is 0 Å². The Labute approximate surface area is 140 Å². The SMILES string of the molecule is Cc1ccccc1C(C)(C)CNC(=O)[C@H]1CCN[C@@H](C)C1.Cl.